The largest absolute Gasteiger partial charge is 0.377 e. The Morgan fingerprint density at radius 3 is 2.67 bits per heavy atom. The fourth-order valence-electron chi connectivity index (χ4n) is 1.82. The minimum absolute atomic E-state index is 0.131. The molecule has 1 rings (SSSR count). The van der Waals surface area contributed by atoms with E-state index in [1.165, 1.54) is 0 Å². The quantitative estimate of drug-likeness (QED) is 0.729. The topological polar surface area (TPSA) is 47.3 Å². The fourth-order valence-corrected chi connectivity index (χ4v) is 1.82. The molecule has 0 aromatic carbocycles. The molecule has 1 aliphatic rings. The molecule has 3 nitrogen and oxygen atoms in total. The Labute approximate surface area is 93.8 Å². The van der Waals surface area contributed by atoms with E-state index in [1.54, 1.807) is 0 Å². The SMILES string of the molecule is CCC(C)(CN)CNC1(C)CCOC1C. The molecule has 15 heavy (non-hydrogen) atoms. The molecule has 0 aromatic rings. The summed E-state index contributed by atoms with van der Waals surface area (Å²) >= 11 is 0. The van der Waals surface area contributed by atoms with E-state index < -0.39 is 0 Å². The Balaban J connectivity index is 2.48. The van der Waals surface area contributed by atoms with Crippen molar-refractivity contribution in [2.45, 2.75) is 52.2 Å². The lowest BCUT2D eigenvalue weighted by Crippen LogP contribution is -2.52. The molecule has 1 heterocycles. The van der Waals surface area contributed by atoms with Crippen LogP contribution in [0.2, 0.25) is 0 Å². The molecule has 0 saturated carbocycles. The van der Waals surface area contributed by atoms with E-state index in [1.807, 2.05) is 0 Å². The predicted molar refractivity (Wildman–Crippen MR) is 63.9 cm³/mol. The van der Waals surface area contributed by atoms with Crippen LogP contribution in [0.4, 0.5) is 0 Å². The summed E-state index contributed by atoms with van der Waals surface area (Å²) in [6.45, 7) is 11.4. The highest BCUT2D eigenvalue weighted by Gasteiger charge is 2.37. The van der Waals surface area contributed by atoms with Crippen molar-refractivity contribution in [2.75, 3.05) is 19.7 Å². The summed E-state index contributed by atoms with van der Waals surface area (Å²) in [5.41, 5.74) is 6.15. The second-order valence-corrected chi connectivity index (χ2v) is 5.40. The third kappa shape index (κ3) is 2.92. The molecule has 0 spiro atoms. The Hall–Kier alpha value is -0.120. The number of hydrogen-bond donors (Lipinski definition) is 2. The first-order valence-corrected chi connectivity index (χ1v) is 6.02. The third-order valence-corrected chi connectivity index (χ3v) is 4.15. The van der Waals surface area contributed by atoms with Gasteiger partial charge in [-0.3, -0.25) is 0 Å². The van der Waals surface area contributed by atoms with Gasteiger partial charge in [-0.1, -0.05) is 13.8 Å². The van der Waals surface area contributed by atoms with Gasteiger partial charge in [0.1, 0.15) is 0 Å². The van der Waals surface area contributed by atoms with Crippen molar-refractivity contribution in [3.8, 4) is 0 Å². The normalized spacial score (nSPS) is 35.4. The van der Waals surface area contributed by atoms with E-state index in [9.17, 15) is 0 Å². The van der Waals surface area contributed by atoms with Gasteiger partial charge in [0, 0.05) is 18.7 Å². The molecule has 3 heteroatoms. The van der Waals surface area contributed by atoms with Crippen molar-refractivity contribution in [3.63, 3.8) is 0 Å². The van der Waals surface area contributed by atoms with Crippen molar-refractivity contribution in [2.24, 2.45) is 11.1 Å². The zero-order valence-corrected chi connectivity index (χ0v) is 10.6. The van der Waals surface area contributed by atoms with E-state index >= 15 is 0 Å². The second kappa shape index (κ2) is 4.81. The molecule has 3 unspecified atom stereocenters. The number of hydrogen-bond acceptors (Lipinski definition) is 3. The van der Waals surface area contributed by atoms with Crippen molar-refractivity contribution < 1.29 is 4.74 Å². The summed E-state index contributed by atoms with van der Waals surface area (Å²) in [5.74, 6) is 0. The Kier molecular flexibility index (Phi) is 4.15. The van der Waals surface area contributed by atoms with Gasteiger partial charge in [-0.05, 0) is 38.6 Å². The first kappa shape index (κ1) is 12.9. The lowest BCUT2D eigenvalue weighted by molar-refractivity contribution is 0.0837. The Morgan fingerprint density at radius 2 is 2.27 bits per heavy atom. The van der Waals surface area contributed by atoms with Crippen LogP contribution in [-0.4, -0.2) is 31.3 Å². The first-order chi connectivity index (χ1) is 6.96. The highest BCUT2D eigenvalue weighted by Crippen LogP contribution is 2.27. The molecule has 0 aliphatic carbocycles. The second-order valence-electron chi connectivity index (χ2n) is 5.40. The molecular weight excluding hydrogens is 188 g/mol. The molecule has 3 atom stereocenters. The fraction of sp³-hybridized carbons (Fsp3) is 1.00. The van der Waals surface area contributed by atoms with Crippen molar-refractivity contribution in [3.05, 3.63) is 0 Å². The van der Waals surface area contributed by atoms with E-state index in [2.05, 4.69) is 33.0 Å². The molecular formula is C12H26N2O. The number of nitrogens with one attached hydrogen (secondary N) is 1. The standard InChI is InChI=1S/C12H26N2O/c1-5-11(3,8-13)9-14-12(4)6-7-15-10(12)2/h10,14H,5-9,13H2,1-4H3. The van der Waals surface area contributed by atoms with Gasteiger partial charge in [0.25, 0.3) is 0 Å². The molecule has 0 radical (unpaired) electrons. The highest BCUT2D eigenvalue weighted by molar-refractivity contribution is 4.95. The van der Waals surface area contributed by atoms with Gasteiger partial charge in [-0.15, -0.1) is 0 Å². The summed E-state index contributed by atoms with van der Waals surface area (Å²) in [6.07, 6.45) is 2.51. The molecule has 3 N–H and O–H groups in total. The molecule has 0 amide bonds. The molecule has 1 saturated heterocycles. The first-order valence-electron chi connectivity index (χ1n) is 6.02. The van der Waals surface area contributed by atoms with Gasteiger partial charge < -0.3 is 15.8 Å². The molecule has 1 fully saturated rings. The van der Waals surface area contributed by atoms with Crippen LogP contribution < -0.4 is 11.1 Å². The van der Waals surface area contributed by atoms with E-state index in [-0.39, 0.29) is 11.0 Å². The van der Waals surface area contributed by atoms with Crippen LogP contribution in [-0.2, 0) is 4.74 Å². The smallest absolute Gasteiger partial charge is 0.0726 e. The van der Waals surface area contributed by atoms with E-state index in [0.717, 1.165) is 32.5 Å². The maximum Gasteiger partial charge on any atom is 0.0726 e. The molecule has 0 aromatic heterocycles. The number of nitrogens with two attached hydrogens (primary N) is 1. The van der Waals surface area contributed by atoms with Crippen molar-refractivity contribution in [1.29, 1.82) is 0 Å². The summed E-state index contributed by atoms with van der Waals surface area (Å²) in [5, 5.41) is 3.65. The average Bonchev–Trinajstić information content (AvgIpc) is 2.57. The summed E-state index contributed by atoms with van der Waals surface area (Å²) in [6, 6.07) is 0. The van der Waals surface area contributed by atoms with Crippen LogP contribution in [0.25, 0.3) is 0 Å². The maximum absolute atomic E-state index is 5.81. The van der Waals surface area contributed by atoms with Gasteiger partial charge >= 0.3 is 0 Å². The summed E-state index contributed by atoms with van der Waals surface area (Å²) < 4.78 is 5.61. The van der Waals surface area contributed by atoms with E-state index in [4.69, 9.17) is 10.5 Å². The number of rotatable bonds is 5. The van der Waals surface area contributed by atoms with Crippen LogP contribution in [0.1, 0.15) is 40.5 Å². The summed E-state index contributed by atoms with van der Waals surface area (Å²) in [7, 11) is 0. The van der Waals surface area contributed by atoms with Crippen LogP contribution in [0.15, 0.2) is 0 Å². The Bertz CT molecular complexity index is 204. The van der Waals surface area contributed by atoms with Gasteiger partial charge in [0.05, 0.1) is 6.10 Å². The lowest BCUT2D eigenvalue weighted by Gasteiger charge is -2.35. The molecule has 1 aliphatic heterocycles. The van der Waals surface area contributed by atoms with Gasteiger partial charge in [0.2, 0.25) is 0 Å². The minimum Gasteiger partial charge on any atom is -0.377 e. The minimum atomic E-state index is 0.131. The highest BCUT2D eigenvalue weighted by atomic mass is 16.5. The predicted octanol–water partition coefficient (Wildman–Crippen LogP) is 1.52. The van der Waals surface area contributed by atoms with Gasteiger partial charge in [-0.2, -0.15) is 0 Å². The van der Waals surface area contributed by atoms with Gasteiger partial charge in [0.15, 0.2) is 0 Å². The van der Waals surface area contributed by atoms with Crippen LogP contribution in [0.5, 0.6) is 0 Å². The van der Waals surface area contributed by atoms with Crippen LogP contribution in [0, 0.1) is 5.41 Å². The van der Waals surface area contributed by atoms with E-state index in [0.29, 0.717) is 6.10 Å². The zero-order valence-electron chi connectivity index (χ0n) is 10.6. The van der Waals surface area contributed by atoms with Crippen molar-refractivity contribution in [1.82, 2.24) is 5.32 Å². The monoisotopic (exact) mass is 214 g/mol. The average molecular weight is 214 g/mol. The molecule has 90 valence electrons. The molecule has 0 bridgehead atoms. The van der Waals surface area contributed by atoms with Crippen molar-refractivity contribution >= 4 is 0 Å². The summed E-state index contributed by atoms with van der Waals surface area (Å²) in [4.78, 5) is 0. The zero-order chi connectivity index (χ0) is 11.5. The van der Waals surface area contributed by atoms with Crippen LogP contribution in [0.3, 0.4) is 0 Å². The van der Waals surface area contributed by atoms with Crippen LogP contribution >= 0.6 is 0 Å². The number of ether oxygens (including phenoxy) is 1. The Morgan fingerprint density at radius 1 is 1.60 bits per heavy atom. The maximum atomic E-state index is 5.81. The lowest BCUT2D eigenvalue weighted by atomic mass is 9.85. The third-order valence-electron chi connectivity index (χ3n) is 4.15. The van der Waals surface area contributed by atoms with Gasteiger partial charge in [-0.25, -0.2) is 0 Å².